The van der Waals surface area contributed by atoms with Gasteiger partial charge in [0.25, 0.3) is 0 Å². The van der Waals surface area contributed by atoms with E-state index in [4.69, 9.17) is 14.2 Å². The third-order valence-corrected chi connectivity index (χ3v) is 11.2. The Labute approximate surface area is 360 Å². The number of rotatable bonds is 46. The van der Waals surface area contributed by atoms with E-state index in [1.807, 2.05) is 0 Å². The minimum absolute atomic E-state index is 0.0724. The highest BCUT2D eigenvalue weighted by Gasteiger charge is 2.19. The zero-order chi connectivity index (χ0) is 42.3. The lowest BCUT2D eigenvalue weighted by molar-refractivity contribution is -0.167. The molecule has 340 valence electrons. The molecule has 0 aliphatic rings. The zero-order valence-electron chi connectivity index (χ0n) is 38.8. The summed E-state index contributed by atoms with van der Waals surface area (Å²) < 4.78 is 16.8. The molecule has 0 radical (unpaired) electrons. The van der Waals surface area contributed by atoms with Gasteiger partial charge in [-0.05, 0) is 51.4 Å². The third kappa shape index (κ3) is 45.0. The van der Waals surface area contributed by atoms with Crippen LogP contribution in [0.2, 0.25) is 0 Å². The maximum absolute atomic E-state index is 12.8. The number of ether oxygens (including phenoxy) is 3. The van der Waals surface area contributed by atoms with Crippen molar-refractivity contribution in [1.82, 2.24) is 0 Å². The second kappa shape index (κ2) is 47.6. The van der Waals surface area contributed by atoms with E-state index in [0.29, 0.717) is 19.3 Å². The Morgan fingerprint density at radius 1 is 0.345 bits per heavy atom. The summed E-state index contributed by atoms with van der Waals surface area (Å²) in [5.74, 6) is -0.874. The molecule has 0 aromatic heterocycles. The van der Waals surface area contributed by atoms with Gasteiger partial charge in [0.15, 0.2) is 6.10 Å². The Bertz CT molecular complexity index is 942. The molecule has 0 aromatic carbocycles. The number of allylic oxidation sites excluding steroid dienone is 4. The number of carbonyl (C=O) groups is 3. The Balaban J connectivity index is 4.37. The smallest absolute Gasteiger partial charge is 0.306 e. The fourth-order valence-corrected chi connectivity index (χ4v) is 7.36. The summed E-state index contributed by atoms with van der Waals surface area (Å²) in [6.07, 6.45) is 52.9. The highest BCUT2D eigenvalue weighted by atomic mass is 16.6. The minimum atomic E-state index is -0.771. The molecule has 0 fully saturated rings. The number of hydrogen-bond acceptors (Lipinski definition) is 6. The van der Waals surface area contributed by atoms with Crippen LogP contribution >= 0.6 is 0 Å². The number of esters is 3. The van der Waals surface area contributed by atoms with Crippen LogP contribution in [-0.2, 0) is 28.6 Å². The number of carbonyl (C=O) groups excluding carboxylic acids is 3. The van der Waals surface area contributed by atoms with Crippen molar-refractivity contribution in [3.05, 3.63) is 24.3 Å². The Morgan fingerprint density at radius 3 is 0.983 bits per heavy atom. The molecule has 0 aromatic rings. The van der Waals surface area contributed by atoms with Crippen LogP contribution in [0.15, 0.2) is 24.3 Å². The van der Waals surface area contributed by atoms with Crippen molar-refractivity contribution in [2.45, 2.75) is 277 Å². The normalized spacial score (nSPS) is 12.1. The molecule has 0 heterocycles. The van der Waals surface area contributed by atoms with E-state index < -0.39 is 6.10 Å². The van der Waals surface area contributed by atoms with Gasteiger partial charge in [-0.15, -0.1) is 0 Å². The lowest BCUT2D eigenvalue weighted by Gasteiger charge is -2.18. The number of hydrogen-bond donors (Lipinski definition) is 0. The van der Waals surface area contributed by atoms with Gasteiger partial charge in [-0.1, -0.05) is 225 Å². The maximum atomic E-state index is 12.8. The molecule has 6 nitrogen and oxygen atoms in total. The first-order valence-electron chi connectivity index (χ1n) is 25.3. The summed E-state index contributed by atoms with van der Waals surface area (Å²) in [5.41, 5.74) is 0. The van der Waals surface area contributed by atoms with Gasteiger partial charge in [-0.25, -0.2) is 0 Å². The predicted molar refractivity (Wildman–Crippen MR) is 247 cm³/mol. The van der Waals surface area contributed by atoms with E-state index in [1.54, 1.807) is 0 Å². The first-order chi connectivity index (χ1) is 28.5. The summed E-state index contributed by atoms with van der Waals surface area (Å²) in [6.45, 7) is 6.62. The number of unbranched alkanes of at least 4 members (excludes halogenated alkanes) is 31. The summed E-state index contributed by atoms with van der Waals surface area (Å²) in [7, 11) is 0. The van der Waals surface area contributed by atoms with E-state index >= 15 is 0 Å². The first-order valence-corrected chi connectivity index (χ1v) is 25.3. The maximum Gasteiger partial charge on any atom is 0.306 e. The molecule has 0 saturated carbocycles. The molecule has 0 saturated heterocycles. The molecule has 0 amide bonds. The van der Waals surface area contributed by atoms with Crippen molar-refractivity contribution in [1.29, 1.82) is 0 Å². The van der Waals surface area contributed by atoms with Crippen LogP contribution in [0.3, 0.4) is 0 Å². The van der Waals surface area contributed by atoms with Crippen LogP contribution in [0.25, 0.3) is 0 Å². The summed E-state index contributed by atoms with van der Waals surface area (Å²) in [5, 5.41) is 0. The monoisotopic (exact) mass is 817 g/mol. The Morgan fingerprint density at radius 2 is 0.621 bits per heavy atom. The summed E-state index contributed by atoms with van der Waals surface area (Å²) >= 11 is 0. The van der Waals surface area contributed by atoms with E-state index in [-0.39, 0.29) is 31.1 Å². The summed E-state index contributed by atoms with van der Waals surface area (Å²) in [4.78, 5) is 37.9. The molecule has 0 unspecified atom stereocenters. The van der Waals surface area contributed by atoms with Crippen LogP contribution in [0, 0.1) is 0 Å². The van der Waals surface area contributed by atoms with Gasteiger partial charge in [0.05, 0.1) is 0 Å². The van der Waals surface area contributed by atoms with E-state index in [2.05, 4.69) is 45.1 Å². The highest BCUT2D eigenvalue weighted by Crippen LogP contribution is 2.16. The molecular weight excluding hydrogens is 721 g/mol. The van der Waals surface area contributed by atoms with Crippen LogP contribution in [0.4, 0.5) is 0 Å². The third-order valence-electron chi connectivity index (χ3n) is 11.2. The van der Waals surface area contributed by atoms with Crippen LogP contribution in [0.1, 0.15) is 271 Å². The molecular formula is C52H96O6. The minimum Gasteiger partial charge on any atom is -0.462 e. The van der Waals surface area contributed by atoms with Gasteiger partial charge in [0, 0.05) is 19.3 Å². The fourth-order valence-electron chi connectivity index (χ4n) is 7.36. The van der Waals surface area contributed by atoms with E-state index in [1.165, 1.54) is 154 Å². The van der Waals surface area contributed by atoms with Crippen molar-refractivity contribution >= 4 is 17.9 Å². The van der Waals surface area contributed by atoms with Gasteiger partial charge in [-0.2, -0.15) is 0 Å². The fraction of sp³-hybridized carbons (Fsp3) is 0.865. The van der Waals surface area contributed by atoms with Crippen LogP contribution in [-0.4, -0.2) is 37.2 Å². The van der Waals surface area contributed by atoms with Gasteiger partial charge >= 0.3 is 17.9 Å². The Hall–Kier alpha value is -2.11. The van der Waals surface area contributed by atoms with Crippen molar-refractivity contribution in [2.75, 3.05) is 13.2 Å². The SMILES string of the molecule is CCCCC/C=C\C/C=C\CCCCCCCC(=O)O[C@@H](COC(=O)CCCCCCCCCCCCCC)COC(=O)CCCCCCCCCCCCCCC. The highest BCUT2D eigenvalue weighted by molar-refractivity contribution is 5.71. The second-order valence-electron chi connectivity index (χ2n) is 17.1. The Kier molecular flexibility index (Phi) is 45.8. The summed E-state index contributed by atoms with van der Waals surface area (Å²) in [6, 6.07) is 0. The van der Waals surface area contributed by atoms with Crippen molar-refractivity contribution in [3.63, 3.8) is 0 Å². The van der Waals surface area contributed by atoms with Gasteiger partial charge in [0.1, 0.15) is 13.2 Å². The van der Waals surface area contributed by atoms with Gasteiger partial charge < -0.3 is 14.2 Å². The predicted octanol–water partition coefficient (Wildman–Crippen LogP) is 16.4. The lowest BCUT2D eigenvalue weighted by atomic mass is 10.0. The molecule has 1 atom stereocenters. The molecule has 0 aliphatic carbocycles. The topological polar surface area (TPSA) is 78.9 Å². The average molecular weight is 817 g/mol. The molecule has 6 heteroatoms. The van der Waals surface area contributed by atoms with Crippen molar-refractivity contribution in [2.24, 2.45) is 0 Å². The van der Waals surface area contributed by atoms with Crippen molar-refractivity contribution < 1.29 is 28.6 Å². The van der Waals surface area contributed by atoms with E-state index in [0.717, 1.165) is 77.0 Å². The van der Waals surface area contributed by atoms with Crippen LogP contribution < -0.4 is 0 Å². The zero-order valence-corrected chi connectivity index (χ0v) is 38.8. The molecule has 0 bridgehead atoms. The molecule has 0 spiro atoms. The van der Waals surface area contributed by atoms with E-state index in [9.17, 15) is 14.4 Å². The molecule has 0 N–H and O–H groups in total. The molecule has 58 heavy (non-hydrogen) atoms. The standard InChI is InChI=1S/C52H96O6/c1-4-7-10-13-16-19-22-25-26-28-31-34-37-40-43-46-52(55)58-49(47-56-50(53)44-41-38-35-32-29-24-21-18-15-12-9-6-3)48-57-51(54)45-42-39-36-33-30-27-23-20-17-14-11-8-5-2/h16,19,25-26,49H,4-15,17-18,20-24,27-48H2,1-3H3/b19-16-,26-25-/t49-/m0/s1. The average Bonchev–Trinajstić information content (AvgIpc) is 3.22. The van der Waals surface area contributed by atoms with Gasteiger partial charge in [0.2, 0.25) is 0 Å². The largest absolute Gasteiger partial charge is 0.462 e. The van der Waals surface area contributed by atoms with Gasteiger partial charge in [-0.3, -0.25) is 14.4 Å². The molecule has 0 aliphatic heterocycles. The lowest BCUT2D eigenvalue weighted by Crippen LogP contribution is -2.30. The molecule has 0 rings (SSSR count). The first kappa shape index (κ1) is 55.9. The second-order valence-corrected chi connectivity index (χ2v) is 17.1. The van der Waals surface area contributed by atoms with Crippen LogP contribution in [0.5, 0.6) is 0 Å². The van der Waals surface area contributed by atoms with Crippen molar-refractivity contribution in [3.8, 4) is 0 Å². The quantitative estimate of drug-likeness (QED) is 0.0263.